The summed E-state index contributed by atoms with van der Waals surface area (Å²) in [5, 5.41) is 9.19. The predicted octanol–water partition coefficient (Wildman–Crippen LogP) is -0.577. The summed E-state index contributed by atoms with van der Waals surface area (Å²) in [5.74, 6) is -0.141. The zero-order valence-electron chi connectivity index (χ0n) is 8.75. The van der Waals surface area contributed by atoms with Gasteiger partial charge in [-0.15, -0.1) is 0 Å². The molecule has 4 N–H and O–H groups in total. The molecule has 1 aromatic heterocycles. The van der Waals surface area contributed by atoms with E-state index in [2.05, 4.69) is 15.5 Å². The second-order valence-corrected chi connectivity index (χ2v) is 3.07. The Hall–Kier alpha value is -1.40. The Labute approximate surface area is 88.2 Å². The molecule has 0 aliphatic rings. The minimum absolute atomic E-state index is 0.141. The predicted molar refractivity (Wildman–Crippen MR) is 55.5 cm³/mol. The molecule has 0 radical (unpaired) electrons. The number of rotatable bonds is 6. The van der Waals surface area contributed by atoms with Crippen LogP contribution in [-0.2, 0) is 4.74 Å². The Morgan fingerprint density at radius 2 is 2.47 bits per heavy atom. The lowest BCUT2D eigenvalue weighted by Gasteiger charge is -2.04. The highest BCUT2D eigenvalue weighted by atomic mass is 16.5. The molecule has 1 rings (SSSR count). The normalized spacial score (nSPS) is 10.3. The molecule has 15 heavy (non-hydrogen) atoms. The molecule has 0 fully saturated rings. The molecule has 0 spiro atoms. The van der Waals surface area contributed by atoms with E-state index in [1.807, 2.05) is 0 Å². The number of ether oxygens (including phenoxy) is 1. The minimum Gasteiger partial charge on any atom is -0.378 e. The first-order chi connectivity index (χ1) is 7.25. The van der Waals surface area contributed by atoms with Crippen LogP contribution in [0.2, 0.25) is 0 Å². The zero-order valence-corrected chi connectivity index (χ0v) is 8.75. The van der Waals surface area contributed by atoms with Crippen molar-refractivity contribution in [3.63, 3.8) is 0 Å². The summed E-state index contributed by atoms with van der Waals surface area (Å²) < 4.78 is 5.12. The summed E-state index contributed by atoms with van der Waals surface area (Å²) in [5.41, 5.74) is 6.57. The Morgan fingerprint density at radius 3 is 3.07 bits per heavy atom. The molecule has 0 saturated heterocycles. The molecule has 0 aromatic carbocycles. The van der Waals surface area contributed by atoms with Crippen molar-refractivity contribution < 1.29 is 9.53 Å². The molecule has 84 valence electrons. The molecule has 0 unspecified atom stereocenters. The van der Waals surface area contributed by atoms with E-state index in [1.165, 1.54) is 6.20 Å². The van der Waals surface area contributed by atoms with E-state index in [-0.39, 0.29) is 5.91 Å². The van der Waals surface area contributed by atoms with Gasteiger partial charge in [0.1, 0.15) is 0 Å². The molecule has 1 heterocycles. The SMILES string of the molecule is Cc1[nH]ncc1C(=O)NCCOCCN. The third kappa shape index (κ3) is 3.69. The second-order valence-electron chi connectivity index (χ2n) is 3.07. The third-order valence-corrected chi connectivity index (χ3v) is 1.87. The van der Waals surface area contributed by atoms with Crippen molar-refractivity contribution in [3.05, 3.63) is 17.5 Å². The maximum atomic E-state index is 11.5. The van der Waals surface area contributed by atoms with E-state index in [0.29, 0.717) is 31.9 Å². The lowest BCUT2D eigenvalue weighted by molar-refractivity contribution is 0.0919. The molecular formula is C9H16N4O2. The van der Waals surface area contributed by atoms with Crippen LogP contribution in [0.1, 0.15) is 16.1 Å². The number of aromatic nitrogens is 2. The number of H-pyrrole nitrogens is 1. The van der Waals surface area contributed by atoms with Crippen molar-refractivity contribution in [2.45, 2.75) is 6.92 Å². The fourth-order valence-electron chi connectivity index (χ4n) is 1.10. The standard InChI is InChI=1S/C9H16N4O2/c1-7-8(6-12-13-7)9(14)11-3-5-15-4-2-10/h6H,2-5,10H2,1H3,(H,11,14)(H,12,13). The number of nitrogens with one attached hydrogen (secondary N) is 2. The first-order valence-electron chi connectivity index (χ1n) is 4.81. The van der Waals surface area contributed by atoms with Gasteiger partial charge in [-0.1, -0.05) is 0 Å². The number of aryl methyl sites for hydroxylation is 1. The van der Waals surface area contributed by atoms with Crippen molar-refractivity contribution in [1.82, 2.24) is 15.5 Å². The molecule has 6 heteroatoms. The smallest absolute Gasteiger partial charge is 0.254 e. The van der Waals surface area contributed by atoms with Crippen LogP contribution in [0.5, 0.6) is 0 Å². The maximum absolute atomic E-state index is 11.5. The summed E-state index contributed by atoms with van der Waals surface area (Å²) in [6.45, 7) is 3.76. The lowest BCUT2D eigenvalue weighted by Crippen LogP contribution is -2.28. The van der Waals surface area contributed by atoms with Crippen LogP contribution in [0.15, 0.2) is 6.20 Å². The van der Waals surface area contributed by atoms with Crippen molar-refractivity contribution >= 4 is 5.91 Å². The Balaban J connectivity index is 2.22. The average molecular weight is 212 g/mol. The molecular weight excluding hydrogens is 196 g/mol. The van der Waals surface area contributed by atoms with Gasteiger partial charge in [-0.05, 0) is 6.92 Å². The fraction of sp³-hybridized carbons (Fsp3) is 0.556. The monoisotopic (exact) mass is 212 g/mol. The molecule has 0 atom stereocenters. The highest BCUT2D eigenvalue weighted by molar-refractivity contribution is 5.94. The van der Waals surface area contributed by atoms with Crippen molar-refractivity contribution in [2.75, 3.05) is 26.3 Å². The van der Waals surface area contributed by atoms with Gasteiger partial charge in [-0.3, -0.25) is 9.89 Å². The first-order valence-corrected chi connectivity index (χ1v) is 4.81. The Bertz CT molecular complexity index is 311. The number of carbonyl (C=O) groups is 1. The molecule has 1 aromatic rings. The highest BCUT2D eigenvalue weighted by Crippen LogP contribution is 2.01. The number of amides is 1. The van der Waals surface area contributed by atoms with Crippen molar-refractivity contribution in [1.29, 1.82) is 0 Å². The number of hydrogen-bond donors (Lipinski definition) is 3. The molecule has 0 aliphatic carbocycles. The van der Waals surface area contributed by atoms with E-state index < -0.39 is 0 Å². The summed E-state index contributed by atoms with van der Waals surface area (Å²) in [7, 11) is 0. The third-order valence-electron chi connectivity index (χ3n) is 1.87. The number of carbonyl (C=O) groups excluding carboxylic acids is 1. The minimum atomic E-state index is -0.141. The van der Waals surface area contributed by atoms with Crippen LogP contribution in [0.4, 0.5) is 0 Å². The second kappa shape index (κ2) is 6.15. The van der Waals surface area contributed by atoms with Gasteiger partial charge in [-0.25, -0.2) is 0 Å². The Morgan fingerprint density at radius 1 is 1.67 bits per heavy atom. The quantitative estimate of drug-likeness (QED) is 0.550. The average Bonchev–Trinajstić information content (AvgIpc) is 2.64. The van der Waals surface area contributed by atoms with Gasteiger partial charge in [-0.2, -0.15) is 5.10 Å². The van der Waals surface area contributed by atoms with Gasteiger partial charge in [0.25, 0.3) is 5.91 Å². The molecule has 0 aliphatic heterocycles. The topological polar surface area (TPSA) is 93.0 Å². The summed E-state index contributed by atoms with van der Waals surface area (Å²) in [4.78, 5) is 11.5. The van der Waals surface area contributed by atoms with E-state index in [1.54, 1.807) is 6.92 Å². The van der Waals surface area contributed by atoms with Gasteiger partial charge in [0.05, 0.1) is 25.0 Å². The van der Waals surface area contributed by atoms with Gasteiger partial charge in [0, 0.05) is 18.8 Å². The van der Waals surface area contributed by atoms with Gasteiger partial charge in [0.15, 0.2) is 0 Å². The van der Waals surface area contributed by atoms with Crippen LogP contribution < -0.4 is 11.1 Å². The van der Waals surface area contributed by atoms with Crippen LogP contribution >= 0.6 is 0 Å². The largest absolute Gasteiger partial charge is 0.378 e. The molecule has 0 saturated carbocycles. The van der Waals surface area contributed by atoms with E-state index in [4.69, 9.17) is 10.5 Å². The number of nitrogens with zero attached hydrogens (tertiary/aromatic N) is 1. The van der Waals surface area contributed by atoms with Crippen molar-refractivity contribution in [2.24, 2.45) is 5.73 Å². The van der Waals surface area contributed by atoms with Gasteiger partial charge >= 0.3 is 0 Å². The van der Waals surface area contributed by atoms with E-state index >= 15 is 0 Å². The van der Waals surface area contributed by atoms with Crippen LogP contribution in [-0.4, -0.2) is 42.4 Å². The summed E-state index contributed by atoms with van der Waals surface area (Å²) >= 11 is 0. The van der Waals surface area contributed by atoms with Gasteiger partial charge < -0.3 is 15.8 Å². The Kier molecular flexibility index (Phi) is 4.79. The highest BCUT2D eigenvalue weighted by Gasteiger charge is 2.09. The number of nitrogens with two attached hydrogens (primary N) is 1. The van der Waals surface area contributed by atoms with E-state index in [9.17, 15) is 4.79 Å². The molecule has 6 nitrogen and oxygen atoms in total. The van der Waals surface area contributed by atoms with Crippen LogP contribution in [0, 0.1) is 6.92 Å². The fourth-order valence-corrected chi connectivity index (χ4v) is 1.10. The summed E-state index contributed by atoms with van der Waals surface area (Å²) in [6.07, 6.45) is 1.51. The maximum Gasteiger partial charge on any atom is 0.254 e. The number of hydrogen-bond acceptors (Lipinski definition) is 4. The van der Waals surface area contributed by atoms with Crippen LogP contribution in [0.25, 0.3) is 0 Å². The summed E-state index contributed by atoms with van der Waals surface area (Å²) in [6, 6.07) is 0. The molecule has 1 amide bonds. The van der Waals surface area contributed by atoms with Crippen molar-refractivity contribution in [3.8, 4) is 0 Å². The molecule has 0 bridgehead atoms. The first kappa shape index (κ1) is 11.7. The number of aromatic amines is 1. The van der Waals surface area contributed by atoms with Crippen LogP contribution in [0.3, 0.4) is 0 Å². The zero-order chi connectivity index (χ0) is 11.1. The van der Waals surface area contributed by atoms with Gasteiger partial charge in [0.2, 0.25) is 0 Å². The van der Waals surface area contributed by atoms with E-state index in [0.717, 1.165) is 5.69 Å². The lowest BCUT2D eigenvalue weighted by atomic mass is 10.2.